The SMILES string of the molecule is O=Cc1cnc(-c2ccoc2)s1. The van der Waals surface area contributed by atoms with E-state index in [2.05, 4.69) is 4.98 Å². The standard InChI is InChI=1S/C8H5NO2S/c10-4-7-3-9-8(12-7)6-1-2-11-5-6/h1-5H. The van der Waals surface area contributed by atoms with Crippen LogP contribution in [0.3, 0.4) is 0 Å². The van der Waals surface area contributed by atoms with E-state index in [4.69, 9.17) is 4.42 Å². The lowest BCUT2D eigenvalue weighted by molar-refractivity contribution is 0.112. The van der Waals surface area contributed by atoms with Gasteiger partial charge in [0.2, 0.25) is 0 Å². The summed E-state index contributed by atoms with van der Waals surface area (Å²) in [6, 6.07) is 1.81. The summed E-state index contributed by atoms with van der Waals surface area (Å²) < 4.78 is 4.89. The molecule has 0 N–H and O–H groups in total. The summed E-state index contributed by atoms with van der Waals surface area (Å²) in [4.78, 5) is 15.0. The molecular weight excluding hydrogens is 174 g/mol. The highest BCUT2D eigenvalue weighted by atomic mass is 32.1. The molecule has 3 nitrogen and oxygen atoms in total. The molecule has 0 aromatic carbocycles. The van der Waals surface area contributed by atoms with Crippen molar-refractivity contribution in [2.75, 3.05) is 0 Å². The van der Waals surface area contributed by atoms with E-state index in [1.54, 1.807) is 18.7 Å². The lowest BCUT2D eigenvalue weighted by Crippen LogP contribution is -1.65. The number of thiazole rings is 1. The molecule has 0 saturated heterocycles. The van der Waals surface area contributed by atoms with Crippen molar-refractivity contribution < 1.29 is 9.21 Å². The molecule has 0 bridgehead atoms. The largest absolute Gasteiger partial charge is 0.472 e. The number of furan rings is 1. The van der Waals surface area contributed by atoms with E-state index in [0.717, 1.165) is 16.9 Å². The van der Waals surface area contributed by atoms with Crippen molar-refractivity contribution in [3.05, 3.63) is 29.7 Å². The van der Waals surface area contributed by atoms with Crippen LogP contribution in [0.1, 0.15) is 9.67 Å². The van der Waals surface area contributed by atoms with Crippen molar-refractivity contribution in [3.8, 4) is 10.6 Å². The molecule has 0 spiro atoms. The van der Waals surface area contributed by atoms with Gasteiger partial charge in [0.1, 0.15) is 11.3 Å². The average molecular weight is 179 g/mol. The van der Waals surface area contributed by atoms with Crippen molar-refractivity contribution in [1.29, 1.82) is 0 Å². The van der Waals surface area contributed by atoms with Gasteiger partial charge in [-0.25, -0.2) is 4.98 Å². The summed E-state index contributed by atoms with van der Waals surface area (Å²) in [5, 5.41) is 0.811. The van der Waals surface area contributed by atoms with E-state index in [0.29, 0.717) is 4.88 Å². The molecule has 0 aliphatic heterocycles. The second-order valence-corrected chi connectivity index (χ2v) is 3.26. The number of aromatic nitrogens is 1. The van der Waals surface area contributed by atoms with Crippen molar-refractivity contribution >= 4 is 17.6 Å². The topological polar surface area (TPSA) is 43.1 Å². The monoisotopic (exact) mass is 179 g/mol. The van der Waals surface area contributed by atoms with Crippen LogP contribution < -0.4 is 0 Å². The molecule has 0 saturated carbocycles. The summed E-state index contributed by atoms with van der Waals surface area (Å²) in [5.74, 6) is 0. The quantitative estimate of drug-likeness (QED) is 0.664. The van der Waals surface area contributed by atoms with E-state index >= 15 is 0 Å². The lowest BCUT2D eigenvalue weighted by Gasteiger charge is -1.82. The van der Waals surface area contributed by atoms with Crippen molar-refractivity contribution in [1.82, 2.24) is 4.98 Å². The molecule has 0 aliphatic carbocycles. The Balaban J connectivity index is 2.41. The molecule has 4 heteroatoms. The van der Waals surface area contributed by atoms with E-state index in [-0.39, 0.29) is 0 Å². The van der Waals surface area contributed by atoms with Crippen LogP contribution in [0, 0.1) is 0 Å². The van der Waals surface area contributed by atoms with E-state index < -0.39 is 0 Å². The highest BCUT2D eigenvalue weighted by Gasteiger charge is 2.03. The number of nitrogens with zero attached hydrogens (tertiary/aromatic N) is 1. The molecule has 0 amide bonds. The summed E-state index contributed by atoms with van der Waals surface area (Å²) in [5.41, 5.74) is 0.910. The Morgan fingerprint density at radius 3 is 3.08 bits per heavy atom. The number of hydrogen-bond donors (Lipinski definition) is 0. The van der Waals surface area contributed by atoms with Crippen LogP contribution >= 0.6 is 11.3 Å². The van der Waals surface area contributed by atoms with Crippen molar-refractivity contribution in [3.63, 3.8) is 0 Å². The van der Waals surface area contributed by atoms with Gasteiger partial charge in [0, 0.05) is 11.8 Å². The molecule has 0 unspecified atom stereocenters. The summed E-state index contributed by atoms with van der Waals surface area (Å²) in [7, 11) is 0. The van der Waals surface area contributed by atoms with Crippen molar-refractivity contribution in [2.45, 2.75) is 0 Å². The number of rotatable bonds is 2. The van der Waals surface area contributed by atoms with Gasteiger partial charge in [-0.3, -0.25) is 4.79 Å². The number of aldehydes is 1. The van der Waals surface area contributed by atoms with Crippen LogP contribution in [0.5, 0.6) is 0 Å². The first-order valence-corrected chi connectivity index (χ1v) is 4.15. The Morgan fingerprint density at radius 2 is 2.50 bits per heavy atom. The average Bonchev–Trinajstić information content (AvgIpc) is 2.75. The third kappa shape index (κ3) is 1.16. The summed E-state index contributed by atoms with van der Waals surface area (Å²) in [6.07, 6.45) is 5.53. The van der Waals surface area contributed by atoms with Gasteiger partial charge < -0.3 is 4.42 Å². The number of carbonyl (C=O) groups excluding carboxylic acids is 1. The minimum absolute atomic E-state index is 0.631. The minimum atomic E-state index is 0.631. The van der Waals surface area contributed by atoms with E-state index in [1.165, 1.54) is 11.3 Å². The summed E-state index contributed by atoms with van der Waals surface area (Å²) in [6.45, 7) is 0. The van der Waals surface area contributed by atoms with Crippen LogP contribution in [0.15, 0.2) is 29.2 Å². The van der Waals surface area contributed by atoms with Crippen LogP contribution in [0.4, 0.5) is 0 Å². The Labute approximate surface area is 72.7 Å². The molecule has 2 aromatic rings. The first-order valence-electron chi connectivity index (χ1n) is 3.34. The Hall–Kier alpha value is -1.42. The lowest BCUT2D eigenvalue weighted by atomic mass is 10.4. The van der Waals surface area contributed by atoms with Gasteiger partial charge in [-0.2, -0.15) is 0 Å². The smallest absolute Gasteiger partial charge is 0.161 e. The second kappa shape index (κ2) is 2.91. The van der Waals surface area contributed by atoms with Crippen molar-refractivity contribution in [2.24, 2.45) is 0 Å². The fourth-order valence-electron chi connectivity index (χ4n) is 0.861. The maximum Gasteiger partial charge on any atom is 0.161 e. The zero-order valence-corrected chi connectivity index (χ0v) is 6.88. The van der Waals surface area contributed by atoms with Gasteiger partial charge in [0.25, 0.3) is 0 Å². The predicted molar refractivity (Wildman–Crippen MR) is 45.2 cm³/mol. The first kappa shape index (κ1) is 7.24. The molecule has 2 heterocycles. The van der Waals surface area contributed by atoms with Crippen LogP contribution in [0.25, 0.3) is 10.6 Å². The molecular formula is C8H5NO2S. The summed E-state index contributed by atoms with van der Waals surface area (Å²) >= 11 is 1.35. The predicted octanol–water partition coefficient (Wildman–Crippen LogP) is 2.22. The third-order valence-corrected chi connectivity index (χ3v) is 2.38. The van der Waals surface area contributed by atoms with Gasteiger partial charge in [0.15, 0.2) is 6.29 Å². The van der Waals surface area contributed by atoms with E-state index in [1.807, 2.05) is 6.07 Å². The Kier molecular flexibility index (Phi) is 1.75. The fraction of sp³-hybridized carbons (Fsp3) is 0. The molecule has 2 aromatic heterocycles. The maximum atomic E-state index is 10.3. The van der Waals surface area contributed by atoms with Gasteiger partial charge in [-0.05, 0) is 6.07 Å². The fourth-order valence-corrected chi connectivity index (χ4v) is 1.58. The molecule has 12 heavy (non-hydrogen) atoms. The number of hydrogen-bond acceptors (Lipinski definition) is 4. The zero-order chi connectivity index (χ0) is 8.39. The Morgan fingerprint density at radius 1 is 1.58 bits per heavy atom. The highest BCUT2D eigenvalue weighted by Crippen LogP contribution is 2.24. The number of carbonyl (C=O) groups is 1. The second-order valence-electron chi connectivity index (χ2n) is 2.20. The van der Waals surface area contributed by atoms with Gasteiger partial charge in [-0.1, -0.05) is 0 Å². The zero-order valence-electron chi connectivity index (χ0n) is 6.06. The molecule has 60 valence electrons. The Bertz CT molecular complexity index is 377. The molecule has 0 fully saturated rings. The highest BCUT2D eigenvalue weighted by molar-refractivity contribution is 7.16. The van der Waals surface area contributed by atoms with Gasteiger partial charge in [-0.15, -0.1) is 11.3 Å². The molecule has 0 aliphatic rings. The van der Waals surface area contributed by atoms with Crippen LogP contribution in [0.2, 0.25) is 0 Å². The first-order chi connectivity index (χ1) is 5.90. The van der Waals surface area contributed by atoms with Gasteiger partial charge >= 0.3 is 0 Å². The maximum absolute atomic E-state index is 10.3. The normalized spacial score (nSPS) is 10.0. The van der Waals surface area contributed by atoms with Crippen LogP contribution in [-0.4, -0.2) is 11.3 Å². The van der Waals surface area contributed by atoms with Gasteiger partial charge in [0.05, 0.1) is 11.1 Å². The molecule has 2 rings (SSSR count). The minimum Gasteiger partial charge on any atom is -0.472 e. The molecule has 0 atom stereocenters. The van der Waals surface area contributed by atoms with Crippen LogP contribution in [-0.2, 0) is 0 Å². The third-order valence-electron chi connectivity index (χ3n) is 1.41. The van der Waals surface area contributed by atoms with E-state index in [9.17, 15) is 4.79 Å². The molecule has 0 radical (unpaired) electrons.